The second-order valence-corrected chi connectivity index (χ2v) is 5.28. The number of benzene rings is 1. The van der Waals surface area contributed by atoms with E-state index in [0.717, 1.165) is 12.0 Å². The van der Waals surface area contributed by atoms with Gasteiger partial charge >= 0.3 is 0 Å². The first-order valence-corrected chi connectivity index (χ1v) is 7.76. The Labute approximate surface area is 141 Å². The van der Waals surface area contributed by atoms with Gasteiger partial charge in [-0.05, 0) is 50.1 Å². The number of hydrogen-bond donors (Lipinski definition) is 1. The summed E-state index contributed by atoms with van der Waals surface area (Å²) in [4.78, 5) is 12.0. The molecular weight excluding hydrogens is 308 g/mol. The van der Waals surface area contributed by atoms with Gasteiger partial charge in [-0.2, -0.15) is 5.10 Å². The number of nitrogens with one attached hydrogen (secondary N) is 1. The van der Waals surface area contributed by atoms with Crippen molar-refractivity contribution in [2.45, 2.75) is 27.2 Å². The number of aryl methyl sites for hydroxylation is 2. The van der Waals surface area contributed by atoms with E-state index < -0.39 is 0 Å². The Balaban J connectivity index is 2.05. The molecule has 1 aromatic heterocycles. The summed E-state index contributed by atoms with van der Waals surface area (Å²) in [5.74, 6) is 2.26. The van der Waals surface area contributed by atoms with E-state index in [1.165, 1.54) is 0 Å². The molecule has 0 aliphatic carbocycles. The Morgan fingerprint density at radius 3 is 2.71 bits per heavy atom. The topological polar surface area (TPSA) is 73.1 Å². The summed E-state index contributed by atoms with van der Waals surface area (Å²) < 4.78 is 16.2. The highest BCUT2D eigenvalue weighted by molar-refractivity contribution is 5.95. The Bertz CT molecular complexity index is 735. The van der Waals surface area contributed by atoms with Gasteiger partial charge in [0.15, 0.2) is 11.5 Å². The highest BCUT2D eigenvalue weighted by atomic mass is 16.5. The molecular formula is C18H22N2O4. The first-order valence-electron chi connectivity index (χ1n) is 7.76. The van der Waals surface area contributed by atoms with E-state index in [4.69, 9.17) is 13.9 Å². The van der Waals surface area contributed by atoms with E-state index in [1.54, 1.807) is 39.3 Å². The fraction of sp³-hybridized carbons (Fsp3) is 0.333. The van der Waals surface area contributed by atoms with Crippen LogP contribution in [0.25, 0.3) is 0 Å². The second-order valence-electron chi connectivity index (χ2n) is 5.28. The van der Waals surface area contributed by atoms with Gasteiger partial charge in [0.1, 0.15) is 11.5 Å². The van der Waals surface area contributed by atoms with Crippen LogP contribution in [-0.4, -0.2) is 25.8 Å². The summed E-state index contributed by atoms with van der Waals surface area (Å²) in [5, 5.41) is 3.98. The summed E-state index contributed by atoms with van der Waals surface area (Å²) in [7, 11) is 1.59. The largest absolute Gasteiger partial charge is 0.493 e. The molecule has 2 aromatic rings. The Morgan fingerprint density at radius 1 is 1.29 bits per heavy atom. The van der Waals surface area contributed by atoms with Crippen molar-refractivity contribution in [3.8, 4) is 11.5 Å². The zero-order valence-corrected chi connectivity index (χ0v) is 14.4. The van der Waals surface area contributed by atoms with Gasteiger partial charge < -0.3 is 13.9 Å². The zero-order valence-electron chi connectivity index (χ0n) is 14.4. The quantitative estimate of drug-likeness (QED) is 0.623. The molecule has 24 heavy (non-hydrogen) atoms. The molecule has 6 nitrogen and oxygen atoms in total. The van der Waals surface area contributed by atoms with E-state index in [2.05, 4.69) is 10.5 Å². The maximum atomic E-state index is 12.0. The molecule has 1 heterocycles. The Morgan fingerprint density at radius 2 is 2.08 bits per heavy atom. The van der Waals surface area contributed by atoms with Gasteiger partial charge in [0.25, 0.3) is 5.91 Å². The number of carbonyl (C=O) groups excluding carboxylic acids is 1. The van der Waals surface area contributed by atoms with Crippen molar-refractivity contribution in [3.63, 3.8) is 0 Å². The van der Waals surface area contributed by atoms with Crippen LogP contribution in [0.4, 0.5) is 0 Å². The van der Waals surface area contributed by atoms with Crippen LogP contribution < -0.4 is 14.9 Å². The lowest BCUT2D eigenvalue weighted by Crippen LogP contribution is -2.17. The minimum absolute atomic E-state index is 0.309. The first-order chi connectivity index (χ1) is 11.5. The normalized spacial score (nSPS) is 10.8. The summed E-state index contributed by atoms with van der Waals surface area (Å²) in [5.41, 5.74) is 3.76. The molecule has 128 valence electrons. The lowest BCUT2D eigenvalue weighted by atomic mass is 10.2. The van der Waals surface area contributed by atoms with Crippen LogP contribution in [0.5, 0.6) is 11.5 Å². The molecule has 0 atom stereocenters. The van der Waals surface area contributed by atoms with Crippen molar-refractivity contribution in [2.75, 3.05) is 13.7 Å². The van der Waals surface area contributed by atoms with Crippen molar-refractivity contribution >= 4 is 12.1 Å². The van der Waals surface area contributed by atoms with Crippen LogP contribution in [0, 0.1) is 13.8 Å². The van der Waals surface area contributed by atoms with Crippen molar-refractivity contribution < 1.29 is 18.7 Å². The third-order valence-electron chi connectivity index (χ3n) is 3.31. The lowest BCUT2D eigenvalue weighted by molar-refractivity contribution is 0.0953. The van der Waals surface area contributed by atoms with Crippen molar-refractivity contribution in [1.82, 2.24) is 5.43 Å². The fourth-order valence-corrected chi connectivity index (χ4v) is 2.18. The Hall–Kier alpha value is -2.76. The van der Waals surface area contributed by atoms with Crippen LogP contribution in [-0.2, 0) is 0 Å². The number of hydrogen-bond acceptors (Lipinski definition) is 5. The molecule has 1 N–H and O–H groups in total. The molecule has 0 aliphatic heterocycles. The monoisotopic (exact) mass is 330 g/mol. The molecule has 0 radical (unpaired) electrons. The number of rotatable bonds is 7. The van der Waals surface area contributed by atoms with Gasteiger partial charge in [0, 0.05) is 0 Å². The number of amides is 1. The molecule has 0 spiro atoms. The highest BCUT2D eigenvalue weighted by Crippen LogP contribution is 2.27. The van der Waals surface area contributed by atoms with Crippen molar-refractivity contribution in [1.29, 1.82) is 0 Å². The average molecular weight is 330 g/mol. The van der Waals surface area contributed by atoms with Crippen LogP contribution in [0.3, 0.4) is 0 Å². The van der Waals surface area contributed by atoms with Crippen molar-refractivity contribution in [3.05, 3.63) is 46.9 Å². The Kier molecular flexibility index (Phi) is 6.01. The smallest absolute Gasteiger partial charge is 0.274 e. The maximum absolute atomic E-state index is 12.0. The molecule has 0 saturated heterocycles. The molecule has 0 saturated carbocycles. The predicted octanol–water partition coefficient (Wildman–Crippen LogP) is 3.46. The molecule has 1 aromatic carbocycles. The van der Waals surface area contributed by atoms with Gasteiger partial charge in [0.05, 0.1) is 25.5 Å². The third kappa shape index (κ3) is 4.38. The molecule has 6 heteroatoms. The van der Waals surface area contributed by atoms with E-state index in [9.17, 15) is 4.79 Å². The van der Waals surface area contributed by atoms with Gasteiger partial charge in [-0.25, -0.2) is 5.43 Å². The number of methoxy groups -OCH3 is 1. The summed E-state index contributed by atoms with van der Waals surface area (Å²) in [6.45, 7) is 6.17. The highest BCUT2D eigenvalue weighted by Gasteiger charge is 2.12. The first kappa shape index (κ1) is 17.6. The SMILES string of the molecule is CCCOc1cc(/C=N\NC(=O)c2cc(C)oc2C)ccc1OC. The van der Waals surface area contributed by atoms with Gasteiger partial charge in [-0.3, -0.25) is 4.79 Å². The zero-order chi connectivity index (χ0) is 17.5. The van der Waals surface area contributed by atoms with Gasteiger partial charge in [-0.15, -0.1) is 0 Å². The van der Waals surface area contributed by atoms with Crippen LogP contribution in [0.15, 0.2) is 33.8 Å². The second kappa shape index (κ2) is 8.19. The van der Waals surface area contributed by atoms with Crippen LogP contribution >= 0.6 is 0 Å². The van der Waals surface area contributed by atoms with E-state index in [0.29, 0.717) is 35.2 Å². The fourth-order valence-electron chi connectivity index (χ4n) is 2.18. The summed E-state index contributed by atoms with van der Waals surface area (Å²) in [6, 6.07) is 7.14. The standard InChI is InChI=1S/C18H22N2O4/c1-5-8-23-17-10-14(6-7-16(17)22-4)11-19-20-18(21)15-9-12(2)24-13(15)3/h6-7,9-11H,5,8H2,1-4H3,(H,20,21)/b19-11-. The lowest BCUT2D eigenvalue weighted by Gasteiger charge is -2.10. The number of ether oxygens (including phenoxy) is 2. The minimum atomic E-state index is -0.309. The van der Waals surface area contributed by atoms with Gasteiger partial charge in [0.2, 0.25) is 0 Å². The number of carbonyl (C=O) groups is 1. The van der Waals surface area contributed by atoms with E-state index >= 15 is 0 Å². The predicted molar refractivity (Wildman–Crippen MR) is 92.0 cm³/mol. The molecule has 0 unspecified atom stereocenters. The molecule has 0 fully saturated rings. The third-order valence-corrected chi connectivity index (χ3v) is 3.31. The van der Waals surface area contributed by atoms with E-state index in [1.807, 2.05) is 19.1 Å². The maximum Gasteiger partial charge on any atom is 0.274 e. The van der Waals surface area contributed by atoms with Gasteiger partial charge in [-0.1, -0.05) is 6.92 Å². The van der Waals surface area contributed by atoms with Crippen molar-refractivity contribution in [2.24, 2.45) is 5.10 Å². The van der Waals surface area contributed by atoms with E-state index in [-0.39, 0.29) is 5.91 Å². The van der Waals surface area contributed by atoms with Crippen LogP contribution in [0.1, 0.15) is 40.8 Å². The number of furan rings is 1. The summed E-state index contributed by atoms with van der Waals surface area (Å²) in [6.07, 6.45) is 2.46. The number of nitrogens with zero attached hydrogens (tertiary/aromatic N) is 1. The molecule has 0 bridgehead atoms. The minimum Gasteiger partial charge on any atom is -0.493 e. The van der Waals surface area contributed by atoms with Crippen LogP contribution in [0.2, 0.25) is 0 Å². The molecule has 1 amide bonds. The number of hydrazone groups is 1. The summed E-state index contributed by atoms with van der Waals surface area (Å²) >= 11 is 0. The molecule has 2 rings (SSSR count). The molecule has 0 aliphatic rings. The average Bonchev–Trinajstić information content (AvgIpc) is 2.91.